The molecule has 1 amide bonds. The van der Waals surface area contributed by atoms with E-state index in [1.54, 1.807) is 0 Å². The minimum atomic E-state index is -1.00. The van der Waals surface area contributed by atoms with Gasteiger partial charge >= 0.3 is 12.1 Å². The molecular formula is C47H93NO24. The molecule has 0 radical (unpaired) electrons. The molecule has 0 spiro atoms. The number of nitrogens with one attached hydrogen (secondary N) is 1. The molecule has 0 rings (SSSR count). The molecule has 0 aromatic carbocycles. The molecule has 0 aliphatic rings. The van der Waals surface area contributed by atoms with Gasteiger partial charge in [-0.2, -0.15) is 0 Å². The molecule has 0 saturated carbocycles. The molecule has 0 aromatic heterocycles. The lowest BCUT2D eigenvalue weighted by Crippen LogP contribution is -2.34. The molecule has 0 heterocycles. The van der Waals surface area contributed by atoms with Crippen molar-refractivity contribution in [2.24, 2.45) is 0 Å². The quantitative estimate of drug-likeness (QED) is 0.0803. The first kappa shape index (κ1) is 69.9. The Labute approximate surface area is 428 Å². The molecule has 25 nitrogen and oxygen atoms in total. The summed E-state index contributed by atoms with van der Waals surface area (Å²) in [5.74, 6) is -1.00. The van der Waals surface area contributed by atoms with Gasteiger partial charge in [-0.25, -0.2) is 9.59 Å². The van der Waals surface area contributed by atoms with Crippen LogP contribution in [-0.2, 0) is 104 Å². The van der Waals surface area contributed by atoms with Crippen LogP contribution < -0.4 is 5.32 Å². The van der Waals surface area contributed by atoms with Crippen molar-refractivity contribution in [3.05, 3.63) is 0 Å². The van der Waals surface area contributed by atoms with Gasteiger partial charge in [-0.05, 0) is 20.8 Å². The van der Waals surface area contributed by atoms with E-state index in [1.165, 1.54) is 0 Å². The van der Waals surface area contributed by atoms with Gasteiger partial charge in [-0.3, -0.25) is 0 Å². The van der Waals surface area contributed by atoms with Crippen molar-refractivity contribution < 1.29 is 114 Å². The number of ether oxygens (including phenoxy) is 21. The number of carbonyl (C=O) groups excluding carboxylic acids is 1. The highest BCUT2D eigenvalue weighted by Crippen LogP contribution is 2.06. The Bertz CT molecular complexity index is 1080. The van der Waals surface area contributed by atoms with E-state index in [4.69, 9.17) is 105 Å². The Hall–Kier alpha value is -2.06. The standard InChI is InChI=1S/C47H93NO24/c1-47(2,3)72-46(51)48-4-5-52-6-7-53-8-9-54-10-11-55-12-13-56-14-15-57-16-17-58-18-19-59-20-21-60-22-23-61-24-25-62-26-27-63-28-29-64-30-31-65-32-33-66-34-35-67-36-37-68-38-39-69-40-41-70-42-43-71-44-45(49)50/h4-44H2,1-3H3,(H,48,51)(H,49,50). The Morgan fingerprint density at radius 1 is 0.278 bits per heavy atom. The number of carboxylic acid groups (broad SMARTS) is 1. The van der Waals surface area contributed by atoms with Crippen LogP contribution >= 0.6 is 0 Å². The van der Waals surface area contributed by atoms with E-state index in [0.717, 1.165) is 0 Å². The molecule has 0 aliphatic carbocycles. The van der Waals surface area contributed by atoms with E-state index in [9.17, 15) is 9.59 Å². The lowest BCUT2D eigenvalue weighted by molar-refractivity contribution is -0.142. The minimum absolute atomic E-state index is 0.233. The zero-order valence-corrected chi connectivity index (χ0v) is 43.8. The number of amides is 1. The highest BCUT2D eigenvalue weighted by molar-refractivity contribution is 5.68. The van der Waals surface area contributed by atoms with Crippen molar-refractivity contribution in [1.29, 1.82) is 0 Å². The van der Waals surface area contributed by atoms with Gasteiger partial charge in [0.05, 0.1) is 258 Å². The number of alkyl carbamates (subject to hydrolysis) is 1. The SMILES string of the molecule is CC(C)(C)OC(=O)NCCOCCOCCOCCOCCOCCOCCOCCOCCOCCOCCOCCOCCOCCOCCOCCOCCOCCOCCOCCOCC(=O)O. The summed E-state index contributed by atoms with van der Waals surface area (Å²) in [6, 6.07) is 0. The number of rotatable bonds is 62. The summed E-state index contributed by atoms with van der Waals surface area (Å²) in [6.45, 7) is 23.3. The normalized spacial score (nSPS) is 11.8. The summed E-state index contributed by atoms with van der Waals surface area (Å²) >= 11 is 0. The first-order chi connectivity index (χ1) is 35.3. The number of hydrogen-bond donors (Lipinski definition) is 2. The molecule has 25 heteroatoms. The summed E-state index contributed by atoms with van der Waals surface area (Å²) < 4.78 is 114. The van der Waals surface area contributed by atoms with Crippen molar-refractivity contribution in [2.75, 3.05) is 271 Å². The van der Waals surface area contributed by atoms with Crippen LogP contribution in [0.2, 0.25) is 0 Å². The third-order valence-electron chi connectivity index (χ3n) is 8.21. The van der Waals surface area contributed by atoms with Crippen LogP contribution in [0.1, 0.15) is 20.8 Å². The molecule has 2 N–H and O–H groups in total. The molecule has 0 aliphatic heterocycles. The molecular weight excluding hydrogens is 962 g/mol. The Morgan fingerprint density at radius 2 is 0.431 bits per heavy atom. The van der Waals surface area contributed by atoms with E-state index in [2.05, 4.69) is 5.32 Å². The predicted molar refractivity (Wildman–Crippen MR) is 258 cm³/mol. The molecule has 0 saturated heterocycles. The van der Waals surface area contributed by atoms with Crippen LogP contribution in [0.15, 0.2) is 0 Å². The molecule has 0 aromatic rings. The smallest absolute Gasteiger partial charge is 0.407 e. The molecule has 430 valence electrons. The molecule has 0 unspecified atom stereocenters. The number of hydrogen-bond acceptors (Lipinski definition) is 23. The van der Waals surface area contributed by atoms with E-state index >= 15 is 0 Å². The van der Waals surface area contributed by atoms with Gasteiger partial charge in [0.25, 0.3) is 0 Å². The van der Waals surface area contributed by atoms with Crippen molar-refractivity contribution in [3.8, 4) is 0 Å². The van der Waals surface area contributed by atoms with Crippen LogP contribution in [0, 0.1) is 0 Å². The average molecular weight is 1060 g/mol. The second kappa shape index (κ2) is 59.8. The van der Waals surface area contributed by atoms with E-state index < -0.39 is 17.7 Å². The van der Waals surface area contributed by atoms with Crippen molar-refractivity contribution in [1.82, 2.24) is 5.32 Å². The zero-order chi connectivity index (χ0) is 52.2. The van der Waals surface area contributed by atoms with E-state index in [1.807, 2.05) is 20.8 Å². The monoisotopic (exact) mass is 1060 g/mol. The molecule has 72 heavy (non-hydrogen) atoms. The molecule has 0 fully saturated rings. The summed E-state index contributed by atoms with van der Waals surface area (Å²) in [4.78, 5) is 21.8. The third kappa shape index (κ3) is 66.0. The largest absolute Gasteiger partial charge is 0.480 e. The van der Waals surface area contributed by atoms with Gasteiger partial charge in [0.1, 0.15) is 12.2 Å². The second-order valence-electron chi connectivity index (χ2n) is 15.5. The second-order valence-corrected chi connectivity index (χ2v) is 15.5. The average Bonchev–Trinajstić information content (AvgIpc) is 3.35. The fraction of sp³-hybridized carbons (Fsp3) is 0.957. The number of aliphatic carboxylic acids is 1. The summed E-state index contributed by atoms with van der Waals surface area (Å²) in [7, 11) is 0. The number of carbonyl (C=O) groups is 2. The van der Waals surface area contributed by atoms with Gasteiger partial charge < -0.3 is 110 Å². The predicted octanol–water partition coefficient (Wildman–Crippen LogP) is 0.928. The molecule has 0 atom stereocenters. The highest BCUT2D eigenvalue weighted by atomic mass is 16.6. The van der Waals surface area contributed by atoms with E-state index in [-0.39, 0.29) is 13.2 Å². The summed E-state index contributed by atoms with van der Waals surface area (Å²) in [5.41, 5.74) is -0.521. The van der Waals surface area contributed by atoms with Crippen LogP contribution in [0.4, 0.5) is 4.79 Å². The summed E-state index contributed by atoms with van der Waals surface area (Å²) in [6.07, 6.45) is -0.459. The topological polar surface area (TPSA) is 260 Å². The van der Waals surface area contributed by atoms with Gasteiger partial charge in [-0.15, -0.1) is 0 Å². The fourth-order valence-electron chi connectivity index (χ4n) is 4.88. The van der Waals surface area contributed by atoms with Crippen molar-refractivity contribution in [3.63, 3.8) is 0 Å². The lowest BCUT2D eigenvalue weighted by atomic mass is 10.2. The first-order valence-electron chi connectivity index (χ1n) is 25.0. The van der Waals surface area contributed by atoms with Gasteiger partial charge in [-0.1, -0.05) is 0 Å². The maximum Gasteiger partial charge on any atom is 0.407 e. The van der Waals surface area contributed by atoms with E-state index in [0.29, 0.717) is 258 Å². The lowest BCUT2D eigenvalue weighted by Gasteiger charge is -2.19. The van der Waals surface area contributed by atoms with Crippen molar-refractivity contribution in [2.45, 2.75) is 26.4 Å². The maximum atomic E-state index is 11.5. The highest BCUT2D eigenvalue weighted by Gasteiger charge is 2.15. The van der Waals surface area contributed by atoms with Crippen LogP contribution in [0.3, 0.4) is 0 Å². The Kier molecular flexibility index (Phi) is 58.1. The Balaban J connectivity index is 3.10. The number of carboxylic acids is 1. The maximum absolute atomic E-state index is 11.5. The zero-order valence-electron chi connectivity index (χ0n) is 43.8. The third-order valence-corrected chi connectivity index (χ3v) is 8.21. The first-order valence-corrected chi connectivity index (χ1v) is 25.0. The van der Waals surface area contributed by atoms with Crippen LogP contribution in [0.5, 0.6) is 0 Å². The fourth-order valence-corrected chi connectivity index (χ4v) is 4.88. The van der Waals surface area contributed by atoms with Gasteiger partial charge in [0, 0.05) is 6.54 Å². The van der Waals surface area contributed by atoms with Crippen molar-refractivity contribution >= 4 is 12.1 Å². The van der Waals surface area contributed by atoms with Crippen LogP contribution in [0.25, 0.3) is 0 Å². The summed E-state index contributed by atoms with van der Waals surface area (Å²) in [5, 5.41) is 11.1. The van der Waals surface area contributed by atoms with Gasteiger partial charge in [0.2, 0.25) is 0 Å². The Morgan fingerprint density at radius 3 is 0.583 bits per heavy atom. The minimum Gasteiger partial charge on any atom is -0.480 e. The van der Waals surface area contributed by atoms with Crippen LogP contribution in [-0.4, -0.2) is 294 Å². The van der Waals surface area contributed by atoms with Gasteiger partial charge in [0.15, 0.2) is 0 Å². The molecule has 0 bridgehead atoms.